The minimum absolute atomic E-state index is 0.150. The fraction of sp³-hybridized carbons (Fsp3) is 0.0625. The summed E-state index contributed by atoms with van der Waals surface area (Å²) in [6, 6.07) is 14.9. The van der Waals surface area contributed by atoms with Crippen LogP contribution in [0.15, 0.2) is 104 Å². The zero-order chi connectivity index (χ0) is 32.7. The Labute approximate surface area is 255 Å². The Hall–Kier alpha value is -6.11. The molecule has 4 amide bonds. The first kappa shape index (κ1) is 31.8. The first-order chi connectivity index (χ1) is 21.4. The van der Waals surface area contributed by atoms with Crippen molar-refractivity contribution in [3.63, 3.8) is 0 Å². The summed E-state index contributed by atoms with van der Waals surface area (Å²) in [6.45, 7) is 8.50. The highest BCUT2D eigenvalue weighted by atomic mass is 19.4. The maximum absolute atomic E-state index is 13.0. The smallest absolute Gasteiger partial charge is 0.324 e. The molecule has 3 N–H and O–H groups in total. The van der Waals surface area contributed by atoms with Crippen LogP contribution in [0.3, 0.4) is 0 Å². The van der Waals surface area contributed by atoms with Gasteiger partial charge < -0.3 is 16.0 Å². The molecule has 0 spiro atoms. The van der Waals surface area contributed by atoms with Crippen molar-refractivity contribution in [1.82, 2.24) is 9.97 Å². The molecule has 0 aliphatic rings. The van der Waals surface area contributed by atoms with Gasteiger partial charge >= 0.3 is 6.18 Å². The summed E-state index contributed by atoms with van der Waals surface area (Å²) >= 11 is 0. The van der Waals surface area contributed by atoms with Gasteiger partial charge in [-0.3, -0.25) is 19.2 Å². The quantitative estimate of drug-likeness (QED) is 0.189. The van der Waals surface area contributed by atoms with E-state index in [0.29, 0.717) is 11.3 Å². The van der Waals surface area contributed by atoms with Crippen molar-refractivity contribution < 1.29 is 32.3 Å². The van der Waals surface area contributed by atoms with Gasteiger partial charge in [-0.1, -0.05) is 31.4 Å². The van der Waals surface area contributed by atoms with Crippen molar-refractivity contribution in [3.8, 4) is 0 Å². The number of hydrogen-bond donors (Lipinski definition) is 3. The van der Waals surface area contributed by atoms with Crippen LogP contribution in [-0.2, 0) is 15.8 Å². The number of nitrogens with one attached hydrogen (secondary N) is 3. The molecule has 0 saturated carbocycles. The van der Waals surface area contributed by atoms with Crippen LogP contribution in [0.2, 0.25) is 0 Å². The third kappa shape index (κ3) is 7.84. The van der Waals surface area contributed by atoms with Gasteiger partial charge in [0.15, 0.2) is 0 Å². The average Bonchev–Trinajstić information content (AvgIpc) is 3.02. The van der Waals surface area contributed by atoms with Crippen molar-refractivity contribution in [1.29, 1.82) is 0 Å². The summed E-state index contributed by atoms with van der Waals surface area (Å²) in [5.41, 5.74) is 0.798. The zero-order valence-corrected chi connectivity index (χ0v) is 23.7. The number of nitrogens with zero attached hydrogens (tertiary/aromatic N) is 3. The molecule has 0 unspecified atom stereocenters. The lowest BCUT2D eigenvalue weighted by Crippen LogP contribution is -2.34. The SMILES string of the molecule is C=CC(=O)N(C(=O)C=C)c1cccc(Nc2ncc(NC(=O)c3cc(NC(=O)c4cccc(C(F)(F)F)c4)ccc3C)cn2)c1. The highest BCUT2D eigenvalue weighted by Gasteiger charge is 2.31. The molecule has 0 saturated heterocycles. The lowest BCUT2D eigenvalue weighted by Gasteiger charge is -2.18. The molecule has 228 valence electrons. The van der Waals surface area contributed by atoms with Crippen LogP contribution in [0.4, 0.5) is 41.9 Å². The predicted molar refractivity (Wildman–Crippen MR) is 163 cm³/mol. The minimum atomic E-state index is -4.60. The molecule has 0 bridgehead atoms. The number of anilines is 5. The molecule has 0 aliphatic heterocycles. The van der Waals surface area contributed by atoms with Gasteiger partial charge in [-0.15, -0.1) is 0 Å². The molecule has 3 aromatic carbocycles. The van der Waals surface area contributed by atoms with Gasteiger partial charge in [0.25, 0.3) is 23.6 Å². The standard InChI is InChI=1S/C32H25F3N6O4/c1-4-27(42)41(28(43)5-2)25-11-7-10-22(15-25)40-31-36-17-24(18-37-31)39-30(45)26-16-23(13-12-19(26)3)38-29(44)20-8-6-9-21(14-20)32(33,34)35/h4-18H,1-2H2,3H3,(H,38,44)(H,39,45)(H,36,37,40). The van der Waals surface area contributed by atoms with Crippen LogP contribution in [-0.4, -0.2) is 33.6 Å². The molecule has 0 radical (unpaired) electrons. The summed E-state index contributed by atoms with van der Waals surface area (Å²) in [4.78, 5) is 59.3. The highest BCUT2D eigenvalue weighted by molar-refractivity contribution is 6.21. The first-order valence-corrected chi connectivity index (χ1v) is 13.1. The van der Waals surface area contributed by atoms with Crippen LogP contribution in [0.25, 0.3) is 0 Å². The Kier molecular flexibility index (Phi) is 9.52. The molecular weight excluding hydrogens is 589 g/mol. The van der Waals surface area contributed by atoms with Crippen LogP contribution >= 0.6 is 0 Å². The lowest BCUT2D eigenvalue weighted by atomic mass is 10.1. The molecule has 10 nitrogen and oxygen atoms in total. The van der Waals surface area contributed by atoms with E-state index in [1.165, 1.54) is 36.7 Å². The number of carbonyl (C=O) groups is 4. The van der Waals surface area contributed by atoms with E-state index in [4.69, 9.17) is 0 Å². The van der Waals surface area contributed by atoms with Gasteiger partial charge in [-0.05, 0) is 73.2 Å². The first-order valence-electron chi connectivity index (χ1n) is 13.1. The number of rotatable bonds is 9. The predicted octanol–water partition coefficient (Wildman–Crippen LogP) is 6.28. The number of carbonyl (C=O) groups excluding carboxylic acids is 4. The third-order valence-corrected chi connectivity index (χ3v) is 6.25. The molecule has 0 fully saturated rings. The normalized spacial score (nSPS) is 10.8. The summed E-state index contributed by atoms with van der Waals surface area (Å²) in [6.07, 6.45) is 0.107. The topological polar surface area (TPSA) is 133 Å². The summed E-state index contributed by atoms with van der Waals surface area (Å²) < 4.78 is 39.1. The van der Waals surface area contributed by atoms with Crippen molar-refractivity contribution in [2.75, 3.05) is 20.9 Å². The average molecular weight is 615 g/mol. The van der Waals surface area contributed by atoms with E-state index >= 15 is 0 Å². The lowest BCUT2D eigenvalue weighted by molar-refractivity contribution is -0.137. The Bertz CT molecular complexity index is 1790. The number of alkyl halides is 3. The number of aromatic nitrogens is 2. The molecule has 1 heterocycles. The molecule has 1 aromatic heterocycles. The molecule has 13 heteroatoms. The number of benzene rings is 3. The Morgan fingerprint density at radius 2 is 1.42 bits per heavy atom. The van der Waals surface area contributed by atoms with E-state index in [0.717, 1.165) is 35.3 Å². The third-order valence-electron chi connectivity index (χ3n) is 6.25. The number of aryl methyl sites for hydroxylation is 1. The fourth-order valence-corrected chi connectivity index (χ4v) is 4.04. The Morgan fingerprint density at radius 1 is 0.778 bits per heavy atom. The van der Waals surface area contributed by atoms with Crippen molar-refractivity contribution in [3.05, 3.63) is 127 Å². The summed E-state index contributed by atoms with van der Waals surface area (Å²) in [5.74, 6) is -2.43. The number of amides is 4. The monoisotopic (exact) mass is 614 g/mol. The van der Waals surface area contributed by atoms with Crippen molar-refractivity contribution in [2.45, 2.75) is 13.1 Å². The Balaban J connectivity index is 1.44. The fourth-order valence-electron chi connectivity index (χ4n) is 4.04. The van der Waals surface area contributed by atoms with Crippen LogP contribution < -0.4 is 20.9 Å². The molecule has 0 atom stereocenters. The Morgan fingerprint density at radius 3 is 2.07 bits per heavy atom. The largest absolute Gasteiger partial charge is 0.416 e. The van der Waals surface area contributed by atoms with Crippen LogP contribution in [0.5, 0.6) is 0 Å². The maximum Gasteiger partial charge on any atom is 0.416 e. The van der Waals surface area contributed by atoms with Crippen molar-refractivity contribution in [2.24, 2.45) is 0 Å². The van der Waals surface area contributed by atoms with E-state index in [1.54, 1.807) is 31.2 Å². The molecule has 4 aromatic rings. The molecule has 4 rings (SSSR count). The van der Waals surface area contributed by atoms with Crippen LogP contribution in [0, 0.1) is 6.92 Å². The van der Waals surface area contributed by atoms with Gasteiger partial charge in [-0.2, -0.15) is 13.2 Å². The van der Waals surface area contributed by atoms with Gasteiger partial charge in [0.05, 0.1) is 29.3 Å². The zero-order valence-electron chi connectivity index (χ0n) is 23.7. The van der Waals surface area contributed by atoms with E-state index in [2.05, 4.69) is 39.1 Å². The molecule has 0 aliphatic carbocycles. The van der Waals surface area contributed by atoms with E-state index in [1.807, 2.05) is 0 Å². The number of halogens is 3. The van der Waals surface area contributed by atoms with Crippen molar-refractivity contribution >= 4 is 52.3 Å². The summed E-state index contributed by atoms with van der Waals surface area (Å²) in [5, 5.41) is 8.12. The summed E-state index contributed by atoms with van der Waals surface area (Å²) in [7, 11) is 0. The van der Waals surface area contributed by atoms with E-state index < -0.39 is 35.4 Å². The second-order valence-corrected chi connectivity index (χ2v) is 9.41. The second kappa shape index (κ2) is 13.5. The second-order valence-electron chi connectivity index (χ2n) is 9.41. The van der Waals surface area contributed by atoms with Gasteiger partial charge in [0.1, 0.15) is 0 Å². The number of hydrogen-bond acceptors (Lipinski definition) is 7. The minimum Gasteiger partial charge on any atom is -0.324 e. The number of imide groups is 1. The molecular formula is C32H25F3N6O4. The van der Waals surface area contributed by atoms with E-state index in [-0.39, 0.29) is 34.1 Å². The van der Waals surface area contributed by atoms with E-state index in [9.17, 15) is 32.3 Å². The highest BCUT2D eigenvalue weighted by Crippen LogP contribution is 2.30. The molecule has 45 heavy (non-hydrogen) atoms. The van der Waals surface area contributed by atoms with Crippen LogP contribution in [0.1, 0.15) is 31.8 Å². The van der Waals surface area contributed by atoms with Gasteiger partial charge in [0, 0.05) is 22.5 Å². The van der Waals surface area contributed by atoms with Gasteiger partial charge in [-0.25, -0.2) is 14.9 Å². The maximum atomic E-state index is 13.0. The van der Waals surface area contributed by atoms with Gasteiger partial charge in [0.2, 0.25) is 5.95 Å².